The van der Waals surface area contributed by atoms with Gasteiger partial charge in [-0.3, -0.25) is 0 Å². The quantitative estimate of drug-likeness (QED) is 0.747. The second-order valence-electron chi connectivity index (χ2n) is 4.49. The highest BCUT2D eigenvalue weighted by Gasteiger charge is 2.01. The standard InChI is InChI=1S/C14H21N3/c1-3-15-8-9-17(2)11-12-4-5-14-13(10-12)6-7-16-14/h4-7,10,15-16H,3,8-9,11H2,1-2H3. The number of fused-ring (bicyclic) bond motifs is 1. The number of benzene rings is 1. The molecule has 0 fully saturated rings. The van der Waals surface area contributed by atoms with Gasteiger partial charge in [0.05, 0.1) is 0 Å². The molecule has 2 N–H and O–H groups in total. The summed E-state index contributed by atoms with van der Waals surface area (Å²) in [5.41, 5.74) is 2.58. The maximum atomic E-state index is 3.34. The van der Waals surface area contributed by atoms with Gasteiger partial charge in [0.15, 0.2) is 0 Å². The van der Waals surface area contributed by atoms with Gasteiger partial charge in [-0.1, -0.05) is 13.0 Å². The third kappa shape index (κ3) is 3.32. The Morgan fingerprint density at radius 3 is 3.00 bits per heavy atom. The zero-order valence-corrected chi connectivity index (χ0v) is 10.7. The van der Waals surface area contributed by atoms with E-state index < -0.39 is 0 Å². The highest BCUT2D eigenvalue weighted by molar-refractivity contribution is 5.79. The molecule has 1 aromatic carbocycles. The lowest BCUT2D eigenvalue weighted by Gasteiger charge is -2.16. The number of likely N-dealkylation sites (N-methyl/N-ethyl adjacent to an activating group) is 2. The van der Waals surface area contributed by atoms with E-state index in [1.54, 1.807) is 0 Å². The molecule has 0 saturated heterocycles. The molecule has 0 saturated carbocycles. The van der Waals surface area contributed by atoms with Gasteiger partial charge in [-0.15, -0.1) is 0 Å². The molecule has 2 rings (SSSR count). The highest BCUT2D eigenvalue weighted by atomic mass is 15.1. The van der Waals surface area contributed by atoms with Gasteiger partial charge in [-0.2, -0.15) is 0 Å². The van der Waals surface area contributed by atoms with E-state index in [0.717, 1.165) is 26.2 Å². The van der Waals surface area contributed by atoms with Gasteiger partial charge in [0.1, 0.15) is 0 Å². The number of nitrogens with one attached hydrogen (secondary N) is 2. The summed E-state index contributed by atoms with van der Waals surface area (Å²) >= 11 is 0. The first-order valence-electron chi connectivity index (χ1n) is 6.25. The number of nitrogens with zero attached hydrogens (tertiary/aromatic N) is 1. The molecule has 0 aliphatic rings. The van der Waals surface area contributed by atoms with Gasteiger partial charge in [-0.25, -0.2) is 0 Å². The second-order valence-corrected chi connectivity index (χ2v) is 4.49. The first-order chi connectivity index (χ1) is 8.29. The fraction of sp³-hybridized carbons (Fsp3) is 0.429. The van der Waals surface area contributed by atoms with Crippen LogP contribution in [0.1, 0.15) is 12.5 Å². The van der Waals surface area contributed by atoms with Gasteiger partial charge >= 0.3 is 0 Å². The first-order valence-corrected chi connectivity index (χ1v) is 6.25. The molecule has 0 amide bonds. The fourth-order valence-electron chi connectivity index (χ4n) is 2.04. The van der Waals surface area contributed by atoms with Crippen molar-refractivity contribution >= 4 is 10.9 Å². The van der Waals surface area contributed by atoms with Crippen molar-refractivity contribution in [2.24, 2.45) is 0 Å². The molecule has 0 bridgehead atoms. The Bertz CT molecular complexity index is 461. The van der Waals surface area contributed by atoms with E-state index in [9.17, 15) is 0 Å². The molecule has 0 unspecified atom stereocenters. The Balaban J connectivity index is 1.93. The lowest BCUT2D eigenvalue weighted by Crippen LogP contribution is -2.28. The Hall–Kier alpha value is -1.32. The second kappa shape index (κ2) is 5.84. The van der Waals surface area contributed by atoms with Crippen LogP contribution < -0.4 is 5.32 Å². The van der Waals surface area contributed by atoms with Crippen molar-refractivity contribution in [1.29, 1.82) is 0 Å². The average Bonchev–Trinajstić information content (AvgIpc) is 2.76. The summed E-state index contributed by atoms with van der Waals surface area (Å²) in [5.74, 6) is 0. The summed E-state index contributed by atoms with van der Waals surface area (Å²) in [4.78, 5) is 5.56. The molecular formula is C14H21N3. The minimum absolute atomic E-state index is 1.01. The van der Waals surface area contributed by atoms with E-state index in [2.05, 4.69) is 53.4 Å². The van der Waals surface area contributed by atoms with Crippen LogP contribution in [0.25, 0.3) is 10.9 Å². The van der Waals surface area contributed by atoms with E-state index in [1.165, 1.54) is 16.5 Å². The average molecular weight is 231 g/mol. The summed E-state index contributed by atoms with van der Waals surface area (Å²) in [6, 6.07) is 8.73. The summed E-state index contributed by atoms with van der Waals surface area (Å²) < 4.78 is 0. The fourth-order valence-corrected chi connectivity index (χ4v) is 2.04. The normalized spacial score (nSPS) is 11.5. The van der Waals surface area contributed by atoms with Crippen molar-refractivity contribution in [1.82, 2.24) is 15.2 Å². The molecule has 0 atom stereocenters. The van der Waals surface area contributed by atoms with Crippen LogP contribution in [0, 0.1) is 0 Å². The lowest BCUT2D eigenvalue weighted by molar-refractivity contribution is 0.326. The molecule has 92 valence electrons. The van der Waals surface area contributed by atoms with Crippen LogP contribution in [-0.2, 0) is 6.54 Å². The largest absolute Gasteiger partial charge is 0.361 e. The number of hydrogen-bond donors (Lipinski definition) is 2. The van der Waals surface area contributed by atoms with Crippen molar-refractivity contribution in [3.63, 3.8) is 0 Å². The van der Waals surface area contributed by atoms with Crippen molar-refractivity contribution in [2.45, 2.75) is 13.5 Å². The van der Waals surface area contributed by atoms with Gasteiger partial charge in [-0.05, 0) is 42.7 Å². The first kappa shape index (κ1) is 12.1. The molecule has 1 aromatic heterocycles. The third-order valence-electron chi connectivity index (χ3n) is 2.99. The molecule has 3 heteroatoms. The van der Waals surface area contributed by atoms with E-state index in [0.29, 0.717) is 0 Å². The summed E-state index contributed by atoms with van der Waals surface area (Å²) in [6.45, 7) is 6.33. The van der Waals surface area contributed by atoms with Gasteiger partial charge in [0.2, 0.25) is 0 Å². The Morgan fingerprint density at radius 2 is 2.18 bits per heavy atom. The van der Waals surface area contributed by atoms with Crippen LogP contribution in [0.2, 0.25) is 0 Å². The number of rotatable bonds is 6. The zero-order valence-electron chi connectivity index (χ0n) is 10.7. The van der Waals surface area contributed by atoms with Crippen LogP contribution in [0.3, 0.4) is 0 Å². The van der Waals surface area contributed by atoms with Crippen molar-refractivity contribution in [3.8, 4) is 0 Å². The monoisotopic (exact) mass is 231 g/mol. The molecule has 2 aromatic rings. The number of aromatic amines is 1. The molecular weight excluding hydrogens is 210 g/mol. The Kier molecular flexibility index (Phi) is 4.18. The van der Waals surface area contributed by atoms with Crippen LogP contribution in [0.5, 0.6) is 0 Å². The number of hydrogen-bond acceptors (Lipinski definition) is 2. The van der Waals surface area contributed by atoms with Crippen LogP contribution >= 0.6 is 0 Å². The van der Waals surface area contributed by atoms with Crippen LogP contribution in [-0.4, -0.2) is 36.6 Å². The van der Waals surface area contributed by atoms with Gasteiger partial charge in [0.25, 0.3) is 0 Å². The van der Waals surface area contributed by atoms with E-state index >= 15 is 0 Å². The predicted molar refractivity (Wildman–Crippen MR) is 73.2 cm³/mol. The highest BCUT2D eigenvalue weighted by Crippen LogP contribution is 2.15. The van der Waals surface area contributed by atoms with Crippen molar-refractivity contribution in [2.75, 3.05) is 26.7 Å². The third-order valence-corrected chi connectivity index (χ3v) is 2.99. The number of aromatic nitrogens is 1. The molecule has 0 aliphatic carbocycles. The molecule has 0 radical (unpaired) electrons. The maximum Gasteiger partial charge on any atom is 0.0454 e. The van der Waals surface area contributed by atoms with E-state index in [-0.39, 0.29) is 0 Å². The maximum absolute atomic E-state index is 3.34. The Labute approximate surface area is 103 Å². The molecule has 0 aliphatic heterocycles. The van der Waals surface area contributed by atoms with E-state index in [1.807, 2.05) is 6.20 Å². The van der Waals surface area contributed by atoms with Crippen LogP contribution in [0.4, 0.5) is 0 Å². The lowest BCUT2D eigenvalue weighted by atomic mass is 10.1. The molecule has 1 heterocycles. The Morgan fingerprint density at radius 1 is 1.29 bits per heavy atom. The topological polar surface area (TPSA) is 31.1 Å². The zero-order chi connectivity index (χ0) is 12.1. The predicted octanol–water partition coefficient (Wildman–Crippen LogP) is 2.21. The number of H-pyrrole nitrogens is 1. The summed E-state index contributed by atoms with van der Waals surface area (Å²) in [5, 5.41) is 4.64. The molecule has 17 heavy (non-hydrogen) atoms. The molecule has 3 nitrogen and oxygen atoms in total. The van der Waals surface area contributed by atoms with Crippen molar-refractivity contribution < 1.29 is 0 Å². The SMILES string of the molecule is CCNCCN(C)Cc1ccc2[nH]ccc2c1. The minimum Gasteiger partial charge on any atom is -0.361 e. The summed E-state index contributed by atoms with van der Waals surface area (Å²) in [7, 11) is 2.17. The van der Waals surface area contributed by atoms with Crippen molar-refractivity contribution in [3.05, 3.63) is 36.0 Å². The van der Waals surface area contributed by atoms with E-state index in [4.69, 9.17) is 0 Å². The summed E-state index contributed by atoms with van der Waals surface area (Å²) in [6.07, 6.45) is 1.99. The minimum atomic E-state index is 1.01. The van der Waals surface area contributed by atoms with Gasteiger partial charge in [0, 0.05) is 31.3 Å². The smallest absolute Gasteiger partial charge is 0.0454 e. The van der Waals surface area contributed by atoms with Crippen LogP contribution in [0.15, 0.2) is 30.5 Å². The van der Waals surface area contributed by atoms with Gasteiger partial charge < -0.3 is 15.2 Å². The molecule has 0 spiro atoms.